The molecule has 102 valence electrons. The molecule has 6 nitrogen and oxygen atoms in total. The third-order valence-electron chi connectivity index (χ3n) is 3.66. The van der Waals surface area contributed by atoms with Crippen molar-refractivity contribution in [2.75, 3.05) is 6.54 Å². The van der Waals surface area contributed by atoms with E-state index in [1.807, 2.05) is 11.8 Å². The second kappa shape index (κ2) is 5.36. The third-order valence-corrected chi connectivity index (χ3v) is 3.66. The second-order valence-electron chi connectivity index (χ2n) is 4.76. The molecule has 2 rings (SSSR count). The summed E-state index contributed by atoms with van der Waals surface area (Å²) >= 11 is 0. The minimum atomic E-state index is -0.800. The number of hydrogen-bond donors (Lipinski definition) is 1. The lowest BCUT2D eigenvalue weighted by atomic mass is 10.1. The largest absolute Gasteiger partial charge is 0.480 e. The highest BCUT2D eigenvalue weighted by Gasteiger charge is 2.34. The quantitative estimate of drug-likeness (QED) is 0.665. The monoisotopic (exact) mass is 264 g/mol. The second-order valence-corrected chi connectivity index (χ2v) is 4.76. The number of hydrogen-bond acceptors (Lipinski definition) is 4. The van der Waals surface area contributed by atoms with Crippen molar-refractivity contribution in [1.29, 1.82) is 0 Å². The number of carbonyl (C=O) groups is 1. The summed E-state index contributed by atoms with van der Waals surface area (Å²) in [5.41, 5.74) is 0.950. The van der Waals surface area contributed by atoms with E-state index in [-0.39, 0.29) is 11.7 Å². The molecule has 0 bridgehead atoms. The Balaban J connectivity index is 2.17. The molecule has 0 radical (unpaired) electrons. The first-order chi connectivity index (χ1) is 9.00. The highest BCUT2D eigenvalue weighted by atomic mass is 16.6. The number of nitro benzene ring substituents is 1. The van der Waals surface area contributed by atoms with Crippen molar-refractivity contribution in [1.82, 2.24) is 4.90 Å². The number of rotatable bonds is 4. The summed E-state index contributed by atoms with van der Waals surface area (Å²) in [7, 11) is 0. The average Bonchev–Trinajstić information content (AvgIpc) is 2.87. The first-order valence-corrected chi connectivity index (χ1v) is 6.23. The van der Waals surface area contributed by atoms with Crippen LogP contribution in [0.25, 0.3) is 0 Å². The normalized spacial score (nSPS) is 21.2. The van der Waals surface area contributed by atoms with Crippen molar-refractivity contribution >= 4 is 11.7 Å². The molecule has 2 unspecified atom stereocenters. The molecule has 19 heavy (non-hydrogen) atoms. The molecule has 1 N–H and O–H groups in total. The summed E-state index contributed by atoms with van der Waals surface area (Å²) in [5.74, 6) is -0.800. The lowest BCUT2D eigenvalue weighted by Gasteiger charge is -2.28. The zero-order chi connectivity index (χ0) is 14.0. The maximum absolute atomic E-state index is 11.2. The fourth-order valence-electron chi connectivity index (χ4n) is 2.58. The molecule has 2 atom stereocenters. The van der Waals surface area contributed by atoms with Crippen LogP contribution in [-0.4, -0.2) is 33.5 Å². The Bertz CT molecular complexity index is 486. The summed E-state index contributed by atoms with van der Waals surface area (Å²) in [6.07, 6.45) is 1.53. The zero-order valence-electron chi connectivity index (χ0n) is 10.7. The van der Waals surface area contributed by atoms with E-state index >= 15 is 0 Å². The van der Waals surface area contributed by atoms with Crippen LogP contribution in [0.3, 0.4) is 0 Å². The number of nitro groups is 1. The number of carboxylic acids is 1. The van der Waals surface area contributed by atoms with Gasteiger partial charge >= 0.3 is 5.97 Å². The smallest absolute Gasteiger partial charge is 0.320 e. The Morgan fingerprint density at radius 3 is 2.63 bits per heavy atom. The fourth-order valence-corrected chi connectivity index (χ4v) is 2.58. The van der Waals surface area contributed by atoms with Crippen LogP contribution in [0, 0.1) is 10.1 Å². The van der Waals surface area contributed by atoms with Crippen LogP contribution < -0.4 is 0 Å². The van der Waals surface area contributed by atoms with E-state index in [1.165, 1.54) is 12.1 Å². The Kier molecular flexibility index (Phi) is 3.80. The van der Waals surface area contributed by atoms with E-state index in [9.17, 15) is 14.9 Å². The van der Waals surface area contributed by atoms with E-state index < -0.39 is 16.9 Å². The Morgan fingerprint density at radius 2 is 2.11 bits per heavy atom. The van der Waals surface area contributed by atoms with Crippen molar-refractivity contribution in [2.24, 2.45) is 0 Å². The Hall–Kier alpha value is -1.95. The summed E-state index contributed by atoms with van der Waals surface area (Å²) < 4.78 is 0. The predicted molar refractivity (Wildman–Crippen MR) is 68.9 cm³/mol. The SMILES string of the molecule is CC(c1ccc([N+](=O)[O-])cc1)N1CCCC1C(=O)O. The van der Waals surface area contributed by atoms with Gasteiger partial charge in [0.25, 0.3) is 5.69 Å². The molecule has 0 aromatic heterocycles. The highest BCUT2D eigenvalue weighted by Crippen LogP contribution is 2.30. The number of non-ortho nitro benzene ring substituents is 1. The minimum absolute atomic E-state index is 0.0483. The molecule has 1 aliphatic heterocycles. The van der Waals surface area contributed by atoms with E-state index in [4.69, 9.17) is 5.11 Å². The van der Waals surface area contributed by atoms with Crippen molar-refractivity contribution in [3.8, 4) is 0 Å². The van der Waals surface area contributed by atoms with E-state index in [0.717, 1.165) is 18.5 Å². The number of aliphatic carboxylic acids is 1. The standard InChI is InChI=1S/C13H16N2O4/c1-9(14-8-2-3-12(14)13(16)17)10-4-6-11(7-5-10)15(18)19/h4-7,9,12H,2-3,8H2,1H3,(H,16,17). The molecular formula is C13H16N2O4. The van der Waals surface area contributed by atoms with Crippen molar-refractivity contribution < 1.29 is 14.8 Å². The van der Waals surface area contributed by atoms with Gasteiger partial charge in [0.1, 0.15) is 6.04 Å². The molecule has 0 aliphatic carbocycles. The first-order valence-electron chi connectivity index (χ1n) is 6.23. The topological polar surface area (TPSA) is 83.7 Å². The predicted octanol–water partition coefficient (Wildman–Crippen LogP) is 2.20. The van der Waals surface area contributed by atoms with Gasteiger partial charge < -0.3 is 5.11 Å². The molecule has 1 aliphatic rings. The summed E-state index contributed by atoms with van der Waals surface area (Å²) in [4.78, 5) is 23.3. The molecule has 1 heterocycles. The van der Waals surface area contributed by atoms with Crippen LogP contribution in [0.1, 0.15) is 31.4 Å². The lowest BCUT2D eigenvalue weighted by Crippen LogP contribution is -2.37. The van der Waals surface area contributed by atoms with Gasteiger partial charge in [0.2, 0.25) is 0 Å². The summed E-state index contributed by atoms with van der Waals surface area (Å²) in [6.45, 7) is 2.68. The van der Waals surface area contributed by atoms with Gasteiger partial charge in [0.15, 0.2) is 0 Å². The minimum Gasteiger partial charge on any atom is -0.480 e. The maximum Gasteiger partial charge on any atom is 0.320 e. The van der Waals surface area contributed by atoms with Crippen LogP contribution in [0.2, 0.25) is 0 Å². The molecule has 0 spiro atoms. The number of benzene rings is 1. The van der Waals surface area contributed by atoms with Crippen molar-refractivity contribution in [2.45, 2.75) is 31.8 Å². The van der Waals surface area contributed by atoms with Crippen LogP contribution in [0.15, 0.2) is 24.3 Å². The van der Waals surface area contributed by atoms with Gasteiger partial charge in [-0.1, -0.05) is 12.1 Å². The summed E-state index contributed by atoms with van der Waals surface area (Å²) in [5, 5.41) is 19.8. The van der Waals surface area contributed by atoms with Crippen LogP contribution in [0.4, 0.5) is 5.69 Å². The van der Waals surface area contributed by atoms with E-state index in [1.54, 1.807) is 12.1 Å². The number of nitrogens with zero attached hydrogens (tertiary/aromatic N) is 2. The molecule has 1 aromatic rings. The van der Waals surface area contributed by atoms with Gasteiger partial charge in [-0.05, 0) is 31.9 Å². The molecule has 0 amide bonds. The number of likely N-dealkylation sites (tertiary alicyclic amines) is 1. The van der Waals surface area contributed by atoms with E-state index in [2.05, 4.69) is 0 Å². The average molecular weight is 264 g/mol. The first kappa shape index (κ1) is 13.5. The Labute approximate surface area is 110 Å². The Morgan fingerprint density at radius 1 is 1.47 bits per heavy atom. The van der Waals surface area contributed by atoms with E-state index in [0.29, 0.717) is 6.42 Å². The molecule has 1 fully saturated rings. The fraction of sp³-hybridized carbons (Fsp3) is 0.462. The third kappa shape index (κ3) is 2.73. The molecule has 1 saturated heterocycles. The van der Waals surface area contributed by atoms with Crippen molar-refractivity contribution in [3.63, 3.8) is 0 Å². The highest BCUT2D eigenvalue weighted by molar-refractivity contribution is 5.73. The summed E-state index contributed by atoms with van der Waals surface area (Å²) in [6, 6.07) is 5.80. The zero-order valence-corrected chi connectivity index (χ0v) is 10.7. The van der Waals surface area contributed by atoms with Crippen LogP contribution >= 0.6 is 0 Å². The van der Waals surface area contributed by atoms with Gasteiger partial charge in [-0.15, -0.1) is 0 Å². The lowest BCUT2D eigenvalue weighted by molar-refractivity contribution is -0.384. The van der Waals surface area contributed by atoms with Crippen molar-refractivity contribution in [3.05, 3.63) is 39.9 Å². The van der Waals surface area contributed by atoms with Crippen LogP contribution in [-0.2, 0) is 4.79 Å². The molecule has 6 heteroatoms. The van der Waals surface area contributed by atoms with Gasteiger partial charge in [-0.2, -0.15) is 0 Å². The molecule has 1 aromatic carbocycles. The van der Waals surface area contributed by atoms with Crippen LogP contribution in [0.5, 0.6) is 0 Å². The maximum atomic E-state index is 11.2. The number of carboxylic acid groups (broad SMARTS) is 1. The van der Waals surface area contributed by atoms with Gasteiger partial charge in [0, 0.05) is 18.2 Å². The molecule has 0 saturated carbocycles. The van der Waals surface area contributed by atoms with Gasteiger partial charge in [0.05, 0.1) is 4.92 Å². The van der Waals surface area contributed by atoms with Gasteiger partial charge in [-0.3, -0.25) is 19.8 Å². The van der Waals surface area contributed by atoms with Gasteiger partial charge in [-0.25, -0.2) is 0 Å². The molecular weight excluding hydrogens is 248 g/mol.